The van der Waals surface area contributed by atoms with Gasteiger partial charge in [-0.2, -0.15) is 0 Å². The van der Waals surface area contributed by atoms with Gasteiger partial charge in [0.1, 0.15) is 5.75 Å². The molecule has 1 heterocycles. The summed E-state index contributed by atoms with van der Waals surface area (Å²) < 4.78 is 7.01. The first-order valence-corrected chi connectivity index (χ1v) is 7.33. The smallest absolute Gasteiger partial charge is 0.119 e. The number of thioether (sulfide) groups is 1. The Hall–Kier alpha value is -0.970. The summed E-state index contributed by atoms with van der Waals surface area (Å²) in [6.45, 7) is 1.28. The summed E-state index contributed by atoms with van der Waals surface area (Å²) in [5, 5.41) is 2.09. The van der Waals surface area contributed by atoms with Crippen LogP contribution in [0, 0.1) is 0 Å². The second kappa shape index (κ2) is 6.69. The Morgan fingerprint density at radius 3 is 2.94 bits per heavy atom. The van der Waals surface area contributed by atoms with E-state index in [1.807, 2.05) is 36.0 Å². The van der Waals surface area contributed by atoms with Crippen LogP contribution >= 0.6 is 23.1 Å². The quantitative estimate of drug-likeness (QED) is 0.642. The lowest BCUT2D eigenvalue weighted by Gasteiger charge is -2.06. The zero-order valence-corrected chi connectivity index (χ0v) is 11.1. The van der Waals surface area contributed by atoms with Gasteiger partial charge in [-0.25, -0.2) is 0 Å². The third-order valence-corrected chi connectivity index (χ3v) is 4.32. The predicted molar refractivity (Wildman–Crippen MR) is 74.9 cm³/mol. The van der Waals surface area contributed by atoms with E-state index < -0.39 is 0 Å². The Balaban J connectivity index is 1.74. The van der Waals surface area contributed by atoms with Gasteiger partial charge in [0.2, 0.25) is 0 Å². The molecule has 0 bridgehead atoms. The number of nitrogens with two attached hydrogens (primary N) is 1. The van der Waals surface area contributed by atoms with Crippen LogP contribution in [0.3, 0.4) is 0 Å². The van der Waals surface area contributed by atoms with Crippen LogP contribution < -0.4 is 10.5 Å². The van der Waals surface area contributed by atoms with Gasteiger partial charge >= 0.3 is 0 Å². The summed E-state index contributed by atoms with van der Waals surface area (Å²) in [6.07, 6.45) is 0. The topological polar surface area (TPSA) is 35.2 Å². The van der Waals surface area contributed by atoms with Crippen LogP contribution in [0.15, 0.2) is 46.0 Å². The number of benzene rings is 1. The van der Waals surface area contributed by atoms with E-state index in [0.29, 0.717) is 6.54 Å². The van der Waals surface area contributed by atoms with Crippen molar-refractivity contribution in [2.75, 3.05) is 12.4 Å². The molecule has 1 aromatic carbocycles. The summed E-state index contributed by atoms with van der Waals surface area (Å²) in [5.41, 5.74) is 6.68. The fraction of sp³-hybridized carbons (Fsp3) is 0.231. The maximum Gasteiger partial charge on any atom is 0.119 e. The van der Waals surface area contributed by atoms with Gasteiger partial charge in [-0.1, -0.05) is 18.2 Å². The second-order valence-corrected chi connectivity index (χ2v) is 5.82. The van der Waals surface area contributed by atoms with Crippen molar-refractivity contribution in [3.05, 3.63) is 47.3 Å². The average Bonchev–Trinajstić information content (AvgIpc) is 2.88. The molecule has 1 aromatic heterocycles. The van der Waals surface area contributed by atoms with Gasteiger partial charge in [0.15, 0.2) is 0 Å². The van der Waals surface area contributed by atoms with E-state index in [1.54, 1.807) is 11.3 Å². The molecule has 4 heteroatoms. The van der Waals surface area contributed by atoms with Crippen LogP contribution in [0.1, 0.15) is 5.56 Å². The summed E-state index contributed by atoms with van der Waals surface area (Å²) in [6, 6.07) is 12.1. The Morgan fingerprint density at radius 1 is 1.24 bits per heavy atom. The van der Waals surface area contributed by atoms with E-state index in [-0.39, 0.29) is 0 Å². The highest BCUT2D eigenvalue weighted by Gasteiger charge is 1.97. The first-order chi connectivity index (χ1) is 8.38. The van der Waals surface area contributed by atoms with E-state index in [9.17, 15) is 0 Å². The molecule has 0 saturated heterocycles. The molecule has 0 aliphatic carbocycles. The summed E-state index contributed by atoms with van der Waals surface area (Å²) in [7, 11) is 0. The third kappa shape index (κ3) is 4.07. The molecule has 2 N–H and O–H groups in total. The van der Waals surface area contributed by atoms with Crippen molar-refractivity contribution in [3.8, 4) is 5.75 Å². The molecule has 0 radical (unpaired) electrons. The molecule has 0 spiro atoms. The van der Waals surface area contributed by atoms with Gasteiger partial charge in [0.05, 0.1) is 10.8 Å². The Kier molecular flexibility index (Phi) is 4.91. The van der Waals surface area contributed by atoms with E-state index in [4.69, 9.17) is 10.5 Å². The molecule has 0 aliphatic rings. The van der Waals surface area contributed by atoms with Crippen LogP contribution in [0.25, 0.3) is 0 Å². The van der Waals surface area contributed by atoms with Crippen LogP contribution in [0.2, 0.25) is 0 Å². The third-order valence-electron chi connectivity index (χ3n) is 2.23. The van der Waals surface area contributed by atoms with Crippen molar-refractivity contribution in [1.82, 2.24) is 0 Å². The van der Waals surface area contributed by atoms with E-state index in [1.165, 1.54) is 4.21 Å². The zero-order chi connectivity index (χ0) is 11.9. The predicted octanol–water partition coefficient (Wildman–Crippen LogP) is 3.38. The lowest BCUT2D eigenvalue weighted by atomic mass is 10.2. The monoisotopic (exact) mass is 265 g/mol. The number of hydrogen-bond acceptors (Lipinski definition) is 4. The van der Waals surface area contributed by atoms with E-state index >= 15 is 0 Å². The molecule has 17 heavy (non-hydrogen) atoms. The van der Waals surface area contributed by atoms with Crippen LogP contribution in [0.5, 0.6) is 5.75 Å². The molecule has 0 unspecified atom stereocenters. The van der Waals surface area contributed by atoms with Gasteiger partial charge < -0.3 is 10.5 Å². The Labute approximate surface area is 110 Å². The van der Waals surface area contributed by atoms with Crippen LogP contribution in [0.4, 0.5) is 0 Å². The minimum Gasteiger partial charge on any atom is -0.493 e. The highest BCUT2D eigenvalue weighted by atomic mass is 32.2. The van der Waals surface area contributed by atoms with E-state index in [2.05, 4.69) is 17.5 Å². The standard InChI is InChI=1S/C13H15NOS2/c14-10-11-3-1-4-12(9-11)15-6-8-17-13-5-2-7-16-13/h1-5,7,9H,6,8,10,14H2. The normalized spacial score (nSPS) is 10.4. The van der Waals surface area contributed by atoms with Gasteiger partial charge in [-0.3, -0.25) is 0 Å². The van der Waals surface area contributed by atoms with Crippen LogP contribution in [-0.4, -0.2) is 12.4 Å². The lowest BCUT2D eigenvalue weighted by molar-refractivity contribution is 0.343. The van der Waals surface area contributed by atoms with Crippen LogP contribution in [-0.2, 0) is 6.54 Å². The highest BCUT2D eigenvalue weighted by molar-refractivity contribution is 8.01. The van der Waals surface area contributed by atoms with Crippen molar-refractivity contribution in [2.45, 2.75) is 10.8 Å². The number of ether oxygens (including phenoxy) is 1. The SMILES string of the molecule is NCc1cccc(OCCSc2cccs2)c1. The van der Waals surface area contributed by atoms with Crippen molar-refractivity contribution in [2.24, 2.45) is 5.73 Å². The molecular weight excluding hydrogens is 250 g/mol. The van der Waals surface area contributed by atoms with Gasteiger partial charge in [0, 0.05) is 12.3 Å². The first-order valence-electron chi connectivity index (χ1n) is 5.46. The van der Waals surface area contributed by atoms with Gasteiger partial charge in [0.25, 0.3) is 0 Å². The zero-order valence-electron chi connectivity index (χ0n) is 9.46. The molecule has 90 valence electrons. The molecule has 0 aliphatic heterocycles. The Morgan fingerprint density at radius 2 is 2.18 bits per heavy atom. The van der Waals surface area contributed by atoms with Crippen molar-refractivity contribution < 1.29 is 4.74 Å². The minimum absolute atomic E-state index is 0.557. The van der Waals surface area contributed by atoms with Crippen molar-refractivity contribution in [3.63, 3.8) is 0 Å². The Bertz CT molecular complexity index is 442. The molecule has 0 fully saturated rings. The summed E-state index contributed by atoms with van der Waals surface area (Å²) in [5.74, 6) is 1.87. The minimum atomic E-state index is 0.557. The number of rotatable bonds is 6. The molecule has 0 amide bonds. The maximum absolute atomic E-state index is 5.68. The maximum atomic E-state index is 5.68. The second-order valence-electron chi connectivity index (χ2n) is 3.48. The number of thiophene rings is 1. The summed E-state index contributed by atoms with van der Waals surface area (Å²) >= 11 is 3.59. The lowest BCUT2D eigenvalue weighted by Crippen LogP contribution is -2.01. The van der Waals surface area contributed by atoms with Crippen molar-refractivity contribution in [1.29, 1.82) is 0 Å². The highest BCUT2D eigenvalue weighted by Crippen LogP contribution is 2.23. The van der Waals surface area contributed by atoms with Crippen molar-refractivity contribution >= 4 is 23.1 Å². The fourth-order valence-electron chi connectivity index (χ4n) is 1.41. The molecule has 0 saturated carbocycles. The molecule has 2 rings (SSSR count). The summed E-state index contributed by atoms with van der Waals surface area (Å²) in [4.78, 5) is 0. The molecule has 0 atom stereocenters. The molecule has 2 aromatic rings. The van der Waals surface area contributed by atoms with E-state index in [0.717, 1.165) is 23.7 Å². The average molecular weight is 265 g/mol. The van der Waals surface area contributed by atoms with Gasteiger partial charge in [-0.05, 0) is 29.1 Å². The molecular formula is C13H15NOS2. The van der Waals surface area contributed by atoms with Gasteiger partial charge in [-0.15, -0.1) is 23.1 Å². The largest absolute Gasteiger partial charge is 0.493 e. The number of hydrogen-bond donors (Lipinski definition) is 1. The fourth-order valence-corrected chi connectivity index (χ4v) is 3.09. The molecule has 2 nitrogen and oxygen atoms in total. The first kappa shape index (κ1) is 12.5.